The highest BCUT2D eigenvalue weighted by atomic mass is 127. The number of hydrogen-bond acceptors (Lipinski definition) is 3. The summed E-state index contributed by atoms with van der Waals surface area (Å²) in [5.74, 6) is 1.28. The van der Waals surface area contributed by atoms with E-state index in [1.165, 1.54) is 0 Å². The van der Waals surface area contributed by atoms with Crippen LogP contribution in [0.5, 0.6) is 11.5 Å². The third kappa shape index (κ3) is 3.04. The first kappa shape index (κ1) is 15.1. The van der Waals surface area contributed by atoms with E-state index in [0.717, 1.165) is 28.1 Å². The summed E-state index contributed by atoms with van der Waals surface area (Å²) in [5, 5.41) is 0. The molecule has 0 saturated heterocycles. The van der Waals surface area contributed by atoms with Gasteiger partial charge in [0.2, 0.25) is 0 Å². The van der Waals surface area contributed by atoms with E-state index in [1.54, 1.807) is 0 Å². The molecule has 3 N–H and O–H groups in total. The number of aryl methyl sites for hydroxylation is 3. The van der Waals surface area contributed by atoms with Gasteiger partial charge in [0.25, 0.3) is 5.56 Å². The number of halogens is 1. The topological polar surface area (TPSA) is 68.1 Å². The molecule has 0 fully saturated rings. The fourth-order valence-electron chi connectivity index (χ4n) is 2.17. The first-order valence-electron chi connectivity index (χ1n) is 6.30. The predicted molar refractivity (Wildman–Crippen MR) is 88.4 cm³/mol. The fraction of sp³-hybridized carbons (Fsp3) is 0.267. The first-order chi connectivity index (χ1) is 9.42. The van der Waals surface area contributed by atoms with E-state index in [2.05, 4.69) is 11.1 Å². The quantitative estimate of drug-likeness (QED) is 0.799. The number of nitrogens with one attached hydrogen (secondary N) is 1. The number of pyridine rings is 1. The van der Waals surface area contributed by atoms with Crippen LogP contribution in [0.4, 0.5) is 0 Å². The first-order valence-corrected chi connectivity index (χ1v) is 7.37. The molecule has 106 valence electrons. The Bertz CT molecular complexity index is 688. The summed E-state index contributed by atoms with van der Waals surface area (Å²) in [4.78, 5) is 14.7. The summed E-state index contributed by atoms with van der Waals surface area (Å²) in [6.45, 7) is 6.17. The van der Waals surface area contributed by atoms with Crippen LogP contribution in [0, 0.1) is 24.3 Å². The normalized spacial score (nSPS) is 10.7. The highest BCUT2D eigenvalue weighted by molar-refractivity contribution is 14.1. The molecule has 0 spiro atoms. The van der Waals surface area contributed by atoms with Crippen molar-refractivity contribution < 1.29 is 4.74 Å². The molecular formula is C15H17IN2O2. The van der Waals surface area contributed by atoms with Crippen LogP contribution in [0.3, 0.4) is 0 Å². The molecule has 1 aromatic carbocycles. The molecule has 0 radical (unpaired) electrons. The van der Waals surface area contributed by atoms with Gasteiger partial charge in [0.1, 0.15) is 9.32 Å². The number of nitrogens with two attached hydrogens (primary N) is 1. The van der Waals surface area contributed by atoms with Crippen molar-refractivity contribution in [3.63, 3.8) is 0 Å². The van der Waals surface area contributed by atoms with Gasteiger partial charge in [-0.25, -0.2) is 0 Å². The summed E-state index contributed by atoms with van der Waals surface area (Å²) in [6, 6.07) is 5.96. The number of hydrogen-bond donors (Lipinski definition) is 2. The van der Waals surface area contributed by atoms with Crippen molar-refractivity contribution in [1.29, 1.82) is 0 Å². The molecule has 20 heavy (non-hydrogen) atoms. The molecule has 2 rings (SSSR count). The number of aromatic nitrogens is 1. The van der Waals surface area contributed by atoms with Gasteiger partial charge in [0, 0.05) is 17.8 Å². The molecule has 2 aromatic rings. The van der Waals surface area contributed by atoms with Gasteiger partial charge in [-0.2, -0.15) is 0 Å². The molecule has 1 heterocycles. The zero-order valence-corrected chi connectivity index (χ0v) is 13.9. The molecule has 0 saturated carbocycles. The molecule has 0 aliphatic carbocycles. The zero-order chi connectivity index (χ0) is 14.9. The molecule has 0 aliphatic heterocycles. The summed E-state index contributed by atoms with van der Waals surface area (Å²) < 4.78 is 6.47. The monoisotopic (exact) mass is 384 g/mol. The molecule has 0 unspecified atom stereocenters. The van der Waals surface area contributed by atoms with Crippen LogP contribution in [-0.4, -0.2) is 4.98 Å². The molecule has 0 bridgehead atoms. The minimum absolute atomic E-state index is 0.153. The Morgan fingerprint density at radius 1 is 1.20 bits per heavy atom. The Labute approximate surface area is 131 Å². The number of benzene rings is 1. The van der Waals surface area contributed by atoms with E-state index in [-0.39, 0.29) is 5.56 Å². The van der Waals surface area contributed by atoms with Gasteiger partial charge < -0.3 is 15.5 Å². The van der Waals surface area contributed by atoms with Crippen molar-refractivity contribution in [3.8, 4) is 11.5 Å². The summed E-state index contributed by atoms with van der Waals surface area (Å²) in [5.41, 5.74) is 9.43. The van der Waals surface area contributed by atoms with Gasteiger partial charge in [0.15, 0.2) is 5.75 Å². The molecule has 0 aliphatic rings. The lowest BCUT2D eigenvalue weighted by Gasteiger charge is -2.14. The minimum atomic E-state index is -0.153. The minimum Gasteiger partial charge on any atom is -0.456 e. The maximum atomic E-state index is 11.9. The van der Waals surface area contributed by atoms with Gasteiger partial charge >= 0.3 is 0 Å². The number of aromatic amines is 1. The van der Waals surface area contributed by atoms with Gasteiger partial charge in [-0.05, 0) is 66.6 Å². The molecule has 4 nitrogen and oxygen atoms in total. The van der Waals surface area contributed by atoms with Crippen LogP contribution in [0.1, 0.15) is 22.4 Å². The highest BCUT2D eigenvalue weighted by Gasteiger charge is 2.15. The Morgan fingerprint density at radius 2 is 1.80 bits per heavy atom. The smallest absolute Gasteiger partial charge is 0.265 e. The Balaban J connectivity index is 2.55. The van der Waals surface area contributed by atoms with Crippen LogP contribution < -0.4 is 16.0 Å². The number of rotatable bonds is 3. The number of ether oxygens (including phenoxy) is 1. The second kappa shape index (κ2) is 5.97. The lowest BCUT2D eigenvalue weighted by molar-refractivity contribution is 0.469. The van der Waals surface area contributed by atoms with E-state index >= 15 is 0 Å². The summed E-state index contributed by atoms with van der Waals surface area (Å²) in [6.07, 6.45) is 0. The van der Waals surface area contributed by atoms with Crippen LogP contribution in [0.25, 0.3) is 0 Å². The van der Waals surface area contributed by atoms with Crippen molar-refractivity contribution in [2.24, 2.45) is 5.73 Å². The van der Waals surface area contributed by atoms with Crippen molar-refractivity contribution in [2.75, 3.05) is 0 Å². The molecule has 0 amide bonds. The van der Waals surface area contributed by atoms with E-state index in [1.807, 2.05) is 55.5 Å². The Morgan fingerprint density at radius 3 is 2.35 bits per heavy atom. The maximum Gasteiger partial charge on any atom is 0.265 e. The van der Waals surface area contributed by atoms with Gasteiger partial charge in [-0.15, -0.1) is 0 Å². The Hall–Kier alpha value is -1.34. The van der Waals surface area contributed by atoms with Gasteiger partial charge in [-0.3, -0.25) is 4.79 Å². The fourth-order valence-corrected chi connectivity index (χ4v) is 2.74. The maximum absolute atomic E-state index is 11.9. The summed E-state index contributed by atoms with van der Waals surface area (Å²) in [7, 11) is 0. The summed E-state index contributed by atoms with van der Waals surface area (Å²) >= 11 is 1.99. The molecule has 0 atom stereocenters. The lowest BCUT2D eigenvalue weighted by Crippen LogP contribution is -2.17. The molecule has 1 aromatic heterocycles. The number of H-pyrrole nitrogens is 1. The van der Waals surface area contributed by atoms with Crippen molar-refractivity contribution in [1.82, 2.24) is 4.98 Å². The van der Waals surface area contributed by atoms with Crippen LogP contribution in [-0.2, 0) is 6.54 Å². The lowest BCUT2D eigenvalue weighted by atomic mass is 10.1. The van der Waals surface area contributed by atoms with Crippen LogP contribution in [0.15, 0.2) is 23.0 Å². The third-order valence-corrected chi connectivity index (χ3v) is 4.03. The average molecular weight is 384 g/mol. The van der Waals surface area contributed by atoms with E-state index in [4.69, 9.17) is 10.5 Å². The third-order valence-electron chi connectivity index (χ3n) is 3.05. The van der Waals surface area contributed by atoms with Crippen molar-refractivity contribution >= 4 is 22.6 Å². The van der Waals surface area contributed by atoms with E-state index in [0.29, 0.717) is 15.9 Å². The van der Waals surface area contributed by atoms with Gasteiger partial charge in [0.05, 0.1) is 0 Å². The Kier molecular flexibility index (Phi) is 4.49. The second-order valence-electron chi connectivity index (χ2n) is 4.83. The SMILES string of the molecule is Cc1cc(C)cc(Oc2c(CN)c(C)[nH]c(=O)c2I)c1. The van der Waals surface area contributed by atoms with E-state index in [9.17, 15) is 4.79 Å². The van der Waals surface area contributed by atoms with Crippen molar-refractivity contribution in [2.45, 2.75) is 27.3 Å². The molecular weight excluding hydrogens is 367 g/mol. The predicted octanol–water partition coefficient (Wildman–Crippen LogP) is 3.16. The standard InChI is InChI=1S/C15H17IN2O2/c1-8-4-9(2)6-11(5-8)20-14-12(7-17)10(3)18-15(19)13(14)16/h4-6H,7,17H2,1-3H3,(H,18,19). The molecule has 5 heteroatoms. The van der Waals surface area contributed by atoms with Gasteiger partial charge in [-0.1, -0.05) is 6.07 Å². The van der Waals surface area contributed by atoms with Crippen LogP contribution >= 0.6 is 22.6 Å². The van der Waals surface area contributed by atoms with Crippen LogP contribution in [0.2, 0.25) is 0 Å². The zero-order valence-electron chi connectivity index (χ0n) is 11.7. The second-order valence-corrected chi connectivity index (χ2v) is 5.91. The highest BCUT2D eigenvalue weighted by Crippen LogP contribution is 2.30. The van der Waals surface area contributed by atoms with E-state index < -0.39 is 0 Å². The average Bonchev–Trinajstić information content (AvgIpc) is 2.34. The van der Waals surface area contributed by atoms with Crippen molar-refractivity contribution in [3.05, 3.63) is 54.5 Å². The largest absolute Gasteiger partial charge is 0.456 e.